The molecule has 0 aromatic carbocycles. The van der Waals surface area contributed by atoms with Gasteiger partial charge in [-0.05, 0) is 12.5 Å². The molecule has 0 aliphatic heterocycles. The van der Waals surface area contributed by atoms with E-state index in [1.807, 2.05) is 0 Å². The molecule has 2 radical (unpaired) electrons. The van der Waals surface area contributed by atoms with Gasteiger partial charge in [0, 0.05) is 6.61 Å². The van der Waals surface area contributed by atoms with Crippen molar-refractivity contribution in [2.45, 2.75) is 96.9 Å². The first-order chi connectivity index (χ1) is 8.91. The lowest BCUT2D eigenvalue weighted by Crippen LogP contribution is -1.98. The van der Waals surface area contributed by atoms with Crippen LogP contribution in [0.5, 0.6) is 0 Å². The van der Waals surface area contributed by atoms with Gasteiger partial charge in [-0.25, -0.2) is 0 Å². The molecule has 0 unspecified atom stereocenters. The Balaban J connectivity index is 2.86. The molecule has 0 saturated carbocycles. The summed E-state index contributed by atoms with van der Waals surface area (Å²) in [6.07, 6.45) is 17.0. The molecule has 0 aliphatic carbocycles. The van der Waals surface area contributed by atoms with Crippen LogP contribution in [0, 0.1) is 0 Å². The Morgan fingerprint density at radius 2 is 1.06 bits per heavy atom. The summed E-state index contributed by atoms with van der Waals surface area (Å²) in [5, 5.41) is 0. The third-order valence-corrected chi connectivity index (χ3v) is 4.04. The van der Waals surface area contributed by atoms with E-state index in [2.05, 4.69) is 13.8 Å². The van der Waals surface area contributed by atoms with Gasteiger partial charge in [-0.2, -0.15) is 0 Å². The maximum absolute atomic E-state index is 5.50. The SMILES string of the molecule is CCCCCCCCCCCCCCO[Si]CC. The molecule has 0 rings (SSSR count). The minimum absolute atomic E-state index is 0.726. The van der Waals surface area contributed by atoms with Crippen LogP contribution in [-0.2, 0) is 4.43 Å². The van der Waals surface area contributed by atoms with Crippen LogP contribution in [0.25, 0.3) is 0 Å². The van der Waals surface area contributed by atoms with E-state index >= 15 is 0 Å². The van der Waals surface area contributed by atoms with Crippen LogP contribution in [-0.4, -0.2) is 16.4 Å². The van der Waals surface area contributed by atoms with Crippen molar-refractivity contribution in [3.63, 3.8) is 0 Å². The zero-order valence-corrected chi connectivity index (χ0v) is 13.8. The van der Waals surface area contributed by atoms with Crippen molar-refractivity contribution in [1.82, 2.24) is 0 Å². The van der Waals surface area contributed by atoms with Gasteiger partial charge in [-0.3, -0.25) is 0 Å². The highest BCUT2D eigenvalue weighted by atomic mass is 28.2. The maximum Gasteiger partial charge on any atom is 0.229 e. The van der Waals surface area contributed by atoms with Crippen molar-refractivity contribution in [2.24, 2.45) is 0 Å². The van der Waals surface area contributed by atoms with Crippen molar-refractivity contribution in [3.05, 3.63) is 0 Å². The second-order valence-corrected chi connectivity index (χ2v) is 6.52. The minimum Gasteiger partial charge on any atom is -0.417 e. The first kappa shape index (κ1) is 18.2. The molecule has 0 spiro atoms. The van der Waals surface area contributed by atoms with E-state index in [0.29, 0.717) is 0 Å². The molecule has 1 nitrogen and oxygen atoms in total. The van der Waals surface area contributed by atoms with Crippen molar-refractivity contribution in [1.29, 1.82) is 0 Å². The summed E-state index contributed by atoms with van der Waals surface area (Å²) in [5.74, 6) is 0. The van der Waals surface area contributed by atoms with Gasteiger partial charge in [0.15, 0.2) is 0 Å². The summed E-state index contributed by atoms with van der Waals surface area (Å²) in [4.78, 5) is 0. The topological polar surface area (TPSA) is 9.23 Å². The molecule has 18 heavy (non-hydrogen) atoms. The molecule has 108 valence electrons. The highest BCUT2D eigenvalue weighted by Gasteiger charge is 1.93. The van der Waals surface area contributed by atoms with Crippen LogP contribution >= 0.6 is 0 Å². The van der Waals surface area contributed by atoms with Crippen molar-refractivity contribution in [2.75, 3.05) is 6.61 Å². The smallest absolute Gasteiger partial charge is 0.229 e. The quantitative estimate of drug-likeness (QED) is 0.271. The average Bonchev–Trinajstić information content (AvgIpc) is 2.39. The van der Waals surface area contributed by atoms with E-state index in [9.17, 15) is 0 Å². The van der Waals surface area contributed by atoms with E-state index < -0.39 is 0 Å². The van der Waals surface area contributed by atoms with Crippen LogP contribution in [0.4, 0.5) is 0 Å². The van der Waals surface area contributed by atoms with Crippen molar-refractivity contribution < 1.29 is 4.43 Å². The molecule has 0 saturated heterocycles. The summed E-state index contributed by atoms with van der Waals surface area (Å²) in [7, 11) is 0.726. The molecule has 0 aromatic rings. The maximum atomic E-state index is 5.50. The zero-order valence-electron chi connectivity index (χ0n) is 12.8. The van der Waals surface area contributed by atoms with Gasteiger partial charge in [0.25, 0.3) is 0 Å². The Hall–Kier alpha value is 0.177. The van der Waals surface area contributed by atoms with Gasteiger partial charge in [0.2, 0.25) is 9.76 Å². The molecule has 0 amide bonds. The number of hydrogen-bond acceptors (Lipinski definition) is 1. The fraction of sp³-hybridized carbons (Fsp3) is 1.00. The number of rotatable bonds is 15. The summed E-state index contributed by atoms with van der Waals surface area (Å²) < 4.78 is 5.50. The van der Waals surface area contributed by atoms with Gasteiger partial charge in [-0.1, -0.05) is 84.5 Å². The third-order valence-electron chi connectivity index (χ3n) is 3.35. The van der Waals surface area contributed by atoms with Crippen LogP contribution < -0.4 is 0 Å². The highest BCUT2D eigenvalue weighted by Crippen LogP contribution is 2.11. The van der Waals surface area contributed by atoms with Gasteiger partial charge < -0.3 is 4.43 Å². The summed E-state index contributed by atoms with van der Waals surface area (Å²) >= 11 is 0. The molecule has 0 N–H and O–H groups in total. The molecule has 0 aromatic heterocycles. The summed E-state index contributed by atoms with van der Waals surface area (Å²) in [6, 6.07) is 1.18. The van der Waals surface area contributed by atoms with E-state index in [4.69, 9.17) is 4.43 Å². The van der Waals surface area contributed by atoms with Crippen LogP contribution in [0.15, 0.2) is 0 Å². The fourth-order valence-electron chi connectivity index (χ4n) is 2.19. The molecule has 2 heteroatoms. The Morgan fingerprint density at radius 3 is 1.50 bits per heavy atom. The minimum atomic E-state index is 0.726. The lowest BCUT2D eigenvalue weighted by molar-refractivity contribution is 0.320. The van der Waals surface area contributed by atoms with Gasteiger partial charge >= 0.3 is 0 Å². The second kappa shape index (κ2) is 17.2. The molecular weight excluding hydrogens is 236 g/mol. The highest BCUT2D eigenvalue weighted by molar-refractivity contribution is 6.26. The fourth-order valence-corrected chi connectivity index (χ4v) is 2.68. The van der Waals surface area contributed by atoms with Gasteiger partial charge in [0.1, 0.15) is 0 Å². The Labute approximate surface area is 118 Å². The average molecular weight is 271 g/mol. The zero-order chi connectivity index (χ0) is 13.3. The van der Waals surface area contributed by atoms with Crippen molar-refractivity contribution >= 4 is 9.76 Å². The van der Waals surface area contributed by atoms with Gasteiger partial charge in [-0.15, -0.1) is 0 Å². The summed E-state index contributed by atoms with van der Waals surface area (Å²) in [6.45, 7) is 5.46. The molecule has 0 heterocycles. The van der Waals surface area contributed by atoms with E-state index in [-0.39, 0.29) is 0 Å². The molecular formula is C16H34OSi. The molecule has 0 bridgehead atoms. The Bertz CT molecular complexity index is 123. The van der Waals surface area contributed by atoms with Crippen LogP contribution in [0.1, 0.15) is 90.9 Å². The first-order valence-electron chi connectivity index (χ1n) is 8.26. The van der Waals surface area contributed by atoms with E-state index in [1.165, 1.54) is 83.1 Å². The monoisotopic (exact) mass is 270 g/mol. The normalized spacial score (nSPS) is 11.0. The van der Waals surface area contributed by atoms with Crippen LogP contribution in [0.3, 0.4) is 0 Å². The van der Waals surface area contributed by atoms with E-state index in [0.717, 1.165) is 16.4 Å². The van der Waals surface area contributed by atoms with Crippen molar-refractivity contribution in [3.8, 4) is 0 Å². The third kappa shape index (κ3) is 16.2. The number of hydrogen-bond donors (Lipinski definition) is 0. The lowest BCUT2D eigenvalue weighted by Gasteiger charge is -2.03. The largest absolute Gasteiger partial charge is 0.417 e. The van der Waals surface area contributed by atoms with E-state index in [1.54, 1.807) is 0 Å². The van der Waals surface area contributed by atoms with Gasteiger partial charge in [0.05, 0.1) is 0 Å². The molecule has 0 atom stereocenters. The predicted molar refractivity (Wildman–Crippen MR) is 83.3 cm³/mol. The standard InChI is InChI=1S/C16H34OSi/c1-3-5-6-7-8-9-10-11-12-13-14-15-16-17-18-4-2/h3-16H2,1-2H3. The molecule has 0 aliphatic rings. The molecule has 0 fully saturated rings. The Kier molecular flexibility index (Phi) is 17.3. The number of unbranched alkanes of at least 4 members (excludes halogenated alkanes) is 11. The summed E-state index contributed by atoms with van der Waals surface area (Å²) in [5.41, 5.74) is 0. The lowest BCUT2D eigenvalue weighted by atomic mass is 10.1. The Morgan fingerprint density at radius 1 is 0.611 bits per heavy atom. The second-order valence-electron chi connectivity index (χ2n) is 5.24. The first-order valence-corrected chi connectivity index (χ1v) is 9.38. The van der Waals surface area contributed by atoms with Crippen LogP contribution in [0.2, 0.25) is 6.04 Å². The predicted octanol–water partition coefficient (Wildman–Crippen LogP) is 5.76.